The molecular formula is C22H45NaO4S. The van der Waals surface area contributed by atoms with E-state index in [-0.39, 0.29) is 35.7 Å². The first-order valence-electron chi connectivity index (χ1n) is 11.5. The van der Waals surface area contributed by atoms with E-state index < -0.39 is 15.4 Å². The average molecular weight is 429 g/mol. The van der Waals surface area contributed by atoms with Crippen LogP contribution in [0.2, 0.25) is 0 Å². The first-order chi connectivity index (χ1) is 12.9. The molecule has 0 amide bonds. The summed E-state index contributed by atoms with van der Waals surface area (Å²) in [6.45, 7) is 4.30. The molecule has 0 fully saturated rings. The minimum atomic E-state index is -4.19. The zero-order valence-electron chi connectivity index (χ0n) is 19.0. The normalized spacial score (nSPS) is 13.9. The number of hydrogen-bond acceptors (Lipinski definition) is 4. The van der Waals surface area contributed by atoms with Crippen molar-refractivity contribution >= 4 is 10.1 Å². The second kappa shape index (κ2) is 21.1. The van der Waals surface area contributed by atoms with Gasteiger partial charge in [-0.25, -0.2) is 8.42 Å². The average Bonchev–Trinajstić information content (AvgIpc) is 2.61. The van der Waals surface area contributed by atoms with Crippen molar-refractivity contribution < 1.29 is 47.6 Å². The summed E-state index contributed by atoms with van der Waals surface area (Å²) in [5.74, 6) is 0. The van der Waals surface area contributed by atoms with Crippen molar-refractivity contribution in [3.05, 3.63) is 0 Å². The summed E-state index contributed by atoms with van der Waals surface area (Å²) in [7, 11) is -4.19. The topological polar surface area (TPSA) is 77.4 Å². The van der Waals surface area contributed by atoms with Gasteiger partial charge in [0.05, 0.1) is 16.2 Å². The van der Waals surface area contributed by atoms with Crippen LogP contribution in [0, 0.1) is 0 Å². The maximum atomic E-state index is 11.3. The smallest absolute Gasteiger partial charge is 0.748 e. The van der Waals surface area contributed by atoms with Gasteiger partial charge >= 0.3 is 29.6 Å². The van der Waals surface area contributed by atoms with Gasteiger partial charge in [-0.05, 0) is 25.7 Å². The van der Waals surface area contributed by atoms with Crippen molar-refractivity contribution in [2.75, 3.05) is 0 Å². The predicted octanol–water partition coefficient (Wildman–Crippen LogP) is 3.33. The van der Waals surface area contributed by atoms with Crippen molar-refractivity contribution in [2.24, 2.45) is 0 Å². The molecule has 4 nitrogen and oxygen atoms in total. The van der Waals surface area contributed by atoms with Crippen LogP contribution in [0.4, 0.5) is 0 Å². The Labute approximate surface area is 197 Å². The SMILES string of the molecule is CCCCCCCCCCCC(O)CCCCC(CCCCC)S(=O)(=O)[O-].[Na+]. The monoisotopic (exact) mass is 428 g/mol. The van der Waals surface area contributed by atoms with Crippen LogP contribution in [-0.2, 0) is 10.1 Å². The molecule has 0 spiro atoms. The molecule has 0 aliphatic heterocycles. The number of aliphatic hydroxyl groups is 1. The van der Waals surface area contributed by atoms with E-state index in [0.717, 1.165) is 44.9 Å². The molecule has 0 rings (SSSR count). The van der Waals surface area contributed by atoms with E-state index in [0.29, 0.717) is 19.3 Å². The van der Waals surface area contributed by atoms with E-state index in [2.05, 4.69) is 13.8 Å². The molecule has 2 unspecified atom stereocenters. The number of rotatable bonds is 20. The fourth-order valence-corrected chi connectivity index (χ4v) is 4.55. The maximum absolute atomic E-state index is 11.3. The van der Waals surface area contributed by atoms with Gasteiger partial charge in [-0.2, -0.15) is 0 Å². The molecule has 0 saturated heterocycles. The third kappa shape index (κ3) is 20.2. The van der Waals surface area contributed by atoms with Crippen LogP contribution in [0.5, 0.6) is 0 Å². The van der Waals surface area contributed by atoms with Gasteiger partial charge in [-0.15, -0.1) is 0 Å². The minimum absolute atomic E-state index is 0. The molecule has 0 bridgehead atoms. The fourth-order valence-electron chi connectivity index (χ4n) is 3.64. The zero-order chi connectivity index (χ0) is 20.4. The predicted molar refractivity (Wildman–Crippen MR) is 114 cm³/mol. The molecule has 0 aromatic carbocycles. The standard InChI is InChI=1S/C22H46O4S.Na/c1-3-5-7-8-9-10-11-12-14-17-21(23)18-15-16-20-22(27(24,25)26)19-13-6-4-2;/h21-23H,3-20H2,1-2H3,(H,24,25,26);/q;+1/p-1. The van der Waals surface area contributed by atoms with Crippen LogP contribution in [0.25, 0.3) is 0 Å². The molecule has 6 heteroatoms. The van der Waals surface area contributed by atoms with Gasteiger partial charge in [0.2, 0.25) is 0 Å². The Balaban J connectivity index is 0. The van der Waals surface area contributed by atoms with Crippen molar-refractivity contribution in [1.29, 1.82) is 0 Å². The Morgan fingerprint density at radius 3 is 1.43 bits per heavy atom. The first kappa shape index (κ1) is 31.1. The Bertz CT molecular complexity index is 415. The zero-order valence-corrected chi connectivity index (χ0v) is 21.8. The second-order valence-corrected chi connectivity index (χ2v) is 9.82. The first-order valence-corrected chi connectivity index (χ1v) is 13.0. The summed E-state index contributed by atoms with van der Waals surface area (Å²) in [5, 5.41) is 9.33. The Morgan fingerprint density at radius 1 is 0.643 bits per heavy atom. The molecule has 0 aromatic rings. The fraction of sp³-hybridized carbons (Fsp3) is 1.00. The summed E-state index contributed by atoms with van der Waals surface area (Å²) in [6.07, 6.45) is 18.1. The van der Waals surface area contributed by atoms with E-state index in [1.807, 2.05) is 0 Å². The van der Waals surface area contributed by atoms with Gasteiger partial charge in [-0.3, -0.25) is 0 Å². The quantitative estimate of drug-likeness (QED) is 0.183. The third-order valence-corrected chi connectivity index (χ3v) is 6.78. The van der Waals surface area contributed by atoms with Gasteiger partial charge < -0.3 is 9.66 Å². The molecule has 1 N–H and O–H groups in total. The van der Waals surface area contributed by atoms with Crippen molar-refractivity contribution in [2.45, 2.75) is 141 Å². The Kier molecular flexibility index (Phi) is 23.4. The van der Waals surface area contributed by atoms with Gasteiger partial charge in [-0.1, -0.05) is 104 Å². The summed E-state index contributed by atoms with van der Waals surface area (Å²) in [6, 6.07) is 0. The second-order valence-electron chi connectivity index (χ2n) is 8.17. The molecule has 164 valence electrons. The number of hydrogen-bond donors (Lipinski definition) is 1. The van der Waals surface area contributed by atoms with Crippen LogP contribution < -0.4 is 29.6 Å². The van der Waals surface area contributed by atoms with E-state index in [1.165, 1.54) is 51.4 Å². The summed E-state index contributed by atoms with van der Waals surface area (Å²) in [5.41, 5.74) is 0. The molecule has 2 atom stereocenters. The number of unbranched alkanes of at least 4 members (excludes halogenated alkanes) is 11. The maximum Gasteiger partial charge on any atom is 1.00 e. The van der Waals surface area contributed by atoms with Crippen LogP contribution in [0.3, 0.4) is 0 Å². The molecule has 0 saturated carbocycles. The third-order valence-electron chi connectivity index (χ3n) is 5.49. The molecule has 0 heterocycles. The molecule has 0 aliphatic rings. The van der Waals surface area contributed by atoms with E-state index >= 15 is 0 Å². The van der Waals surface area contributed by atoms with Crippen LogP contribution in [0.1, 0.15) is 129 Å². The Morgan fingerprint density at radius 2 is 0.964 bits per heavy atom. The van der Waals surface area contributed by atoms with Crippen LogP contribution in [0.15, 0.2) is 0 Å². The van der Waals surface area contributed by atoms with Gasteiger partial charge in [0, 0.05) is 5.25 Å². The summed E-state index contributed by atoms with van der Waals surface area (Å²) >= 11 is 0. The van der Waals surface area contributed by atoms with Crippen molar-refractivity contribution in [3.63, 3.8) is 0 Å². The van der Waals surface area contributed by atoms with Crippen LogP contribution >= 0.6 is 0 Å². The van der Waals surface area contributed by atoms with E-state index in [1.54, 1.807) is 0 Å². The van der Waals surface area contributed by atoms with Crippen LogP contribution in [-0.4, -0.2) is 29.4 Å². The summed E-state index contributed by atoms with van der Waals surface area (Å²) < 4.78 is 34.0. The van der Waals surface area contributed by atoms with Crippen molar-refractivity contribution in [3.8, 4) is 0 Å². The van der Waals surface area contributed by atoms with Crippen molar-refractivity contribution in [1.82, 2.24) is 0 Å². The minimum Gasteiger partial charge on any atom is -0.748 e. The van der Waals surface area contributed by atoms with E-state index in [9.17, 15) is 18.1 Å². The van der Waals surface area contributed by atoms with Gasteiger partial charge in [0.25, 0.3) is 0 Å². The van der Waals surface area contributed by atoms with Gasteiger partial charge in [0.15, 0.2) is 0 Å². The summed E-state index contributed by atoms with van der Waals surface area (Å²) in [4.78, 5) is 0. The van der Waals surface area contributed by atoms with Gasteiger partial charge in [0.1, 0.15) is 0 Å². The Hall–Kier alpha value is 0.870. The molecule has 28 heavy (non-hydrogen) atoms. The molecule has 0 aromatic heterocycles. The molecule has 0 aliphatic carbocycles. The largest absolute Gasteiger partial charge is 1.00 e. The molecule has 0 radical (unpaired) electrons. The van der Waals surface area contributed by atoms with E-state index in [4.69, 9.17) is 0 Å². The molecular weight excluding hydrogens is 383 g/mol. The number of aliphatic hydroxyl groups excluding tert-OH is 1.